The predicted molar refractivity (Wildman–Crippen MR) is 76.5 cm³/mol. The van der Waals surface area contributed by atoms with Crippen LogP contribution in [0.3, 0.4) is 0 Å². The topological polar surface area (TPSA) is 57.6 Å². The fourth-order valence-electron chi connectivity index (χ4n) is 2.43. The van der Waals surface area contributed by atoms with Crippen molar-refractivity contribution in [3.05, 3.63) is 29.6 Å². The maximum absolute atomic E-state index is 13.4. The normalized spacial score (nSPS) is 19.2. The zero-order valence-corrected chi connectivity index (χ0v) is 12.7. The first-order valence-electron chi connectivity index (χ1n) is 7.40. The second-order valence-electron chi connectivity index (χ2n) is 6.12. The van der Waals surface area contributed by atoms with E-state index in [4.69, 9.17) is 5.11 Å². The van der Waals surface area contributed by atoms with Crippen molar-refractivity contribution < 1.29 is 17.9 Å². The maximum Gasteiger partial charge on any atom is 0.243 e. The maximum atomic E-state index is 13.4. The molecule has 0 spiro atoms. The highest BCUT2D eigenvalue weighted by molar-refractivity contribution is 7.89. The number of benzene rings is 1. The molecule has 0 aromatic heterocycles. The minimum Gasteiger partial charge on any atom is -0.392 e. The molecule has 0 heterocycles. The predicted octanol–water partition coefficient (Wildman–Crippen LogP) is 2.13. The lowest BCUT2D eigenvalue weighted by molar-refractivity contribution is 0.275. The van der Waals surface area contributed by atoms with E-state index in [9.17, 15) is 12.8 Å². The van der Waals surface area contributed by atoms with Crippen LogP contribution in [0.4, 0.5) is 4.39 Å². The summed E-state index contributed by atoms with van der Waals surface area (Å²) in [5, 5.41) is 9.11. The molecule has 2 fully saturated rings. The van der Waals surface area contributed by atoms with Crippen LogP contribution in [0.15, 0.2) is 23.1 Å². The molecule has 0 bridgehead atoms. The minimum atomic E-state index is -3.61. The zero-order chi connectivity index (χ0) is 15.0. The van der Waals surface area contributed by atoms with E-state index in [1.807, 2.05) is 0 Å². The third-order valence-corrected chi connectivity index (χ3v) is 5.97. The first kappa shape index (κ1) is 14.9. The Morgan fingerprint density at radius 3 is 2.19 bits per heavy atom. The molecule has 2 aliphatic rings. The smallest absolute Gasteiger partial charge is 0.243 e. The summed E-state index contributed by atoms with van der Waals surface area (Å²) in [5.74, 6) is 0.361. The van der Waals surface area contributed by atoms with E-state index >= 15 is 0 Å². The largest absolute Gasteiger partial charge is 0.392 e. The molecule has 0 amide bonds. The molecular weight excluding hydrogens is 293 g/mol. The summed E-state index contributed by atoms with van der Waals surface area (Å²) in [5.41, 5.74) is 0.0221. The number of halogens is 1. The summed E-state index contributed by atoms with van der Waals surface area (Å²) in [7, 11) is -3.61. The highest BCUT2D eigenvalue weighted by atomic mass is 32.2. The van der Waals surface area contributed by atoms with E-state index in [0.717, 1.165) is 31.7 Å². The van der Waals surface area contributed by atoms with Crippen LogP contribution < -0.4 is 0 Å². The Kier molecular flexibility index (Phi) is 4.03. The van der Waals surface area contributed by atoms with Gasteiger partial charge in [-0.3, -0.25) is 0 Å². The van der Waals surface area contributed by atoms with E-state index in [2.05, 4.69) is 0 Å². The van der Waals surface area contributed by atoms with Crippen LogP contribution in [0.1, 0.15) is 31.2 Å². The second-order valence-corrected chi connectivity index (χ2v) is 8.06. The van der Waals surface area contributed by atoms with Crippen LogP contribution in [0.2, 0.25) is 0 Å². The lowest BCUT2D eigenvalue weighted by Gasteiger charge is -2.22. The number of sulfonamides is 1. The molecule has 3 rings (SSSR count). The van der Waals surface area contributed by atoms with Gasteiger partial charge in [0.1, 0.15) is 5.82 Å². The summed E-state index contributed by atoms with van der Waals surface area (Å²) in [6.45, 7) is 0.621. The molecule has 4 nitrogen and oxygen atoms in total. The van der Waals surface area contributed by atoms with Gasteiger partial charge in [-0.05, 0) is 55.7 Å². The van der Waals surface area contributed by atoms with E-state index in [-0.39, 0.29) is 10.5 Å². The average molecular weight is 313 g/mol. The Morgan fingerprint density at radius 2 is 1.71 bits per heavy atom. The van der Waals surface area contributed by atoms with Gasteiger partial charge in [-0.1, -0.05) is 0 Å². The number of rotatable bonds is 7. The van der Waals surface area contributed by atoms with Crippen LogP contribution in [-0.2, 0) is 16.6 Å². The van der Waals surface area contributed by atoms with Crippen molar-refractivity contribution in [1.29, 1.82) is 0 Å². The van der Waals surface area contributed by atoms with Gasteiger partial charge in [0.2, 0.25) is 10.0 Å². The quantitative estimate of drug-likeness (QED) is 0.839. The minimum absolute atomic E-state index is 0.0221. The van der Waals surface area contributed by atoms with Crippen LogP contribution in [0.5, 0.6) is 0 Å². The van der Waals surface area contributed by atoms with Crippen LogP contribution in [0.25, 0.3) is 0 Å². The molecule has 1 N–H and O–H groups in total. The van der Waals surface area contributed by atoms with Gasteiger partial charge in [0.05, 0.1) is 11.5 Å². The number of nitrogens with zero attached hydrogens (tertiary/aromatic N) is 1. The first-order valence-corrected chi connectivity index (χ1v) is 8.84. The molecule has 0 saturated heterocycles. The van der Waals surface area contributed by atoms with Crippen molar-refractivity contribution in [3.63, 3.8) is 0 Å². The van der Waals surface area contributed by atoms with Crippen molar-refractivity contribution in [1.82, 2.24) is 4.31 Å². The van der Waals surface area contributed by atoms with Crippen molar-refractivity contribution in [3.8, 4) is 0 Å². The summed E-state index contributed by atoms with van der Waals surface area (Å²) in [6, 6.07) is 3.65. The van der Waals surface area contributed by atoms with Gasteiger partial charge in [0.15, 0.2) is 0 Å². The number of aliphatic hydroxyl groups excluding tert-OH is 1. The summed E-state index contributed by atoms with van der Waals surface area (Å²) >= 11 is 0. The summed E-state index contributed by atoms with van der Waals surface area (Å²) in [6.07, 6.45) is 4.34. The Labute approximate surface area is 124 Å². The lowest BCUT2D eigenvalue weighted by atomic mass is 10.2. The zero-order valence-electron chi connectivity index (χ0n) is 11.8. The molecule has 0 unspecified atom stereocenters. The number of aliphatic hydroxyl groups is 1. The Hall–Kier alpha value is -0.980. The Bertz CT molecular complexity index is 610. The SMILES string of the molecule is O=S(=O)(c1ccc(F)c(CO)c1)N(CC1CC1)CC1CC1. The van der Waals surface area contributed by atoms with Gasteiger partial charge in [-0.2, -0.15) is 4.31 Å². The molecule has 21 heavy (non-hydrogen) atoms. The van der Waals surface area contributed by atoms with Crippen molar-refractivity contribution in [2.45, 2.75) is 37.2 Å². The molecule has 1 aromatic carbocycles. The third kappa shape index (κ3) is 3.44. The molecule has 0 atom stereocenters. The van der Waals surface area contributed by atoms with Crippen LogP contribution in [-0.4, -0.2) is 30.9 Å². The van der Waals surface area contributed by atoms with Gasteiger partial charge in [-0.15, -0.1) is 0 Å². The summed E-state index contributed by atoms with van der Waals surface area (Å²) < 4.78 is 40.5. The number of hydrogen-bond acceptors (Lipinski definition) is 3. The molecule has 2 saturated carbocycles. The van der Waals surface area contributed by atoms with Gasteiger partial charge in [-0.25, -0.2) is 12.8 Å². The fraction of sp³-hybridized carbons (Fsp3) is 0.600. The van der Waals surface area contributed by atoms with Crippen molar-refractivity contribution >= 4 is 10.0 Å². The van der Waals surface area contributed by atoms with Crippen LogP contribution in [0, 0.1) is 17.7 Å². The van der Waals surface area contributed by atoms with Gasteiger partial charge >= 0.3 is 0 Å². The van der Waals surface area contributed by atoms with Gasteiger partial charge in [0.25, 0.3) is 0 Å². The lowest BCUT2D eigenvalue weighted by Crippen LogP contribution is -2.34. The molecule has 6 heteroatoms. The van der Waals surface area contributed by atoms with Gasteiger partial charge < -0.3 is 5.11 Å². The fourth-order valence-corrected chi connectivity index (χ4v) is 4.07. The second kappa shape index (κ2) is 5.66. The molecule has 0 radical (unpaired) electrons. The number of hydrogen-bond donors (Lipinski definition) is 1. The molecule has 0 aliphatic heterocycles. The van der Waals surface area contributed by atoms with Gasteiger partial charge in [0, 0.05) is 18.7 Å². The highest BCUT2D eigenvalue weighted by Gasteiger charge is 2.35. The van der Waals surface area contributed by atoms with E-state index < -0.39 is 22.4 Å². The summed E-state index contributed by atoms with van der Waals surface area (Å²) in [4.78, 5) is 0.0780. The molecule has 2 aliphatic carbocycles. The molecule has 1 aromatic rings. The third-order valence-electron chi connectivity index (χ3n) is 4.14. The van der Waals surface area contributed by atoms with Crippen molar-refractivity contribution in [2.24, 2.45) is 11.8 Å². The van der Waals surface area contributed by atoms with E-state index in [1.165, 1.54) is 12.1 Å². The molecular formula is C15H20FNO3S. The Morgan fingerprint density at radius 1 is 1.14 bits per heavy atom. The van der Waals surface area contributed by atoms with Crippen LogP contribution >= 0.6 is 0 Å². The average Bonchev–Trinajstić information content (AvgIpc) is 3.33. The molecule has 116 valence electrons. The Balaban J connectivity index is 1.87. The first-order chi connectivity index (χ1) is 10.0. The highest BCUT2D eigenvalue weighted by Crippen LogP contribution is 2.36. The standard InChI is InChI=1S/C15H20FNO3S/c16-15-6-5-14(7-13(15)10-18)21(19,20)17(8-11-1-2-11)9-12-3-4-12/h5-7,11-12,18H,1-4,8-10H2. The monoisotopic (exact) mass is 313 g/mol. The van der Waals surface area contributed by atoms with E-state index in [1.54, 1.807) is 4.31 Å². The van der Waals surface area contributed by atoms with Crippen molar-refractivity contribution in [2.75, 3.05) is 13.1 Å². The van der Waals surface area contributed by atoms with E-state index in [0.29, 0.717) is 24.9 Å².